The van der Waals surface area contributed by atoms with Crippen LogP contribution in [0.5, 0.6) is 5.75 Å². The van der Waals surface area contributed by atoms with Gasteiger partial charge in [-0.2, -0.15) is 0 Å². The summed E-state index contributed by atoms with van der Waals surface area (Å²) in [5.74, 6) is 1.95. The molecule has 1 atom stereocenters. The van der Waals surface area contributed by atoms with E-state index in [2.05, 4.69) is 54.3 Å². The Hall–Kier alpha value is -2.55. The number of hydrogen-bond donors (Lipinski definition) is 1. The zero-order valence-corrected chi connectivity index (χ0v) is 15.2. The van der Waals surface area contributed by atoms with Crippen molar-refractivity contribution in [1.82, 2.24) is 4.98 Å². The van der Waals surface area contributed by atoms with E-state index in [4.69, 9.17) is 4.74 Å². The van der Waals surface area contributed by atoms with Crippen molar-refractivity contribution in [1.29, 1.82) is 0 Å². The van der Waals surface area contributed by atoms with Gasteiger partial charge in [0, 0.05) is 29.9 Å². The van der Waals surface area contributed by atoms with E-state index in [-0.39, 0.29) is 0 Å². The van der Waals surface area contributed by atoms with Crippen molar-refractivity contribution in [2.24, 2.45) is 10.9 Å². The summed E-state index contributed by atoms with van der Waals surface area (Å²) in [5.41, 5.74) is 3.73. The van der Waals surface area contributed by atoms with Crippen LogP contribution < -0.4 is 4.74 Å². The number of benzene rings is 2. The third-order valence-electron chi connectivity index (χ3n) is 4.75. The fourth-order valence-electron chi connectivity index (χ4n) is 3.32. The molecule has 3 heteroatoms. The van der Waals surface area contributed by atoms with Crippen LogP contribution in [-0.2, 0) is 0 Å². The van der Waals surface area contributed by atoms with Gasteiger partial charge in [-0.25, -0.2) is 0 Å². The topological polar surface area (TPSA) is 37.4 Å². The Labute approximate surface area is 149 Å². The number of hydrogen-bond acceptors (Lipinski definition) is 2. The van der Waals surface area contributed by atoms with Crippen LogP contribution >= 0.6 is 0 Å². The quantitative estimate of drug-likeness (QED) is 0.575. The summed E-state index contributed by atoms with van der Waals surface area (Å²) in [5, 5.41) is 1.33. The van der Waals surface area contributed by atoms with Crippen LogP contribution in [0.2, 0.25) is 0 Å². The number of ether oxygens (including phenoxy) is 1. The molecule has 1 heterocycles. The number of nitrogens with zero attached hydrogens (tertiary/aromatic N) is 1. The summed E-state index contributed by atoms with van der Waals surface area (Å²) in [6, 6.07) is 16.5. The van der Waals surface area contributed by atoms with E-state index in [0.29, 0.717) is 11.8 Å². The molecule has 1 aromatic heterocycles. The van der Waals surface area contributed by atoms with Crippen LogP contribution in [-0.4, -0.2) is 24.9 Å². The number of aromatic nitrogens is 1. The van der Waals surface area contributed by atoms with Gasteiger partial charge in [-0.05, 0) is 59.7 Å². The van der Waals surface area contributed by atoms with Crippen molar-refractivity contribution in [3.8, 4) is 5.75 Å². The maximum atomic E-state index is 5.18. The normalized spacial score (nSPS) is 13.0. The highest BCUT2D eigenvalue weighted by Crippen LogP contribution is 2.33. The molecule has 1 N–H and O–H groups in total. The van der Waals surface area contributed by atoms with E-state index >= 15 is 0 Å². The zero-order chi connectivity index (χ0) is 17.6. The average Bonchev–Trinajstić information content (AvgIpc) is 3.06. The van der Waals surface area contributed by atoms with Gasteiger partial charge in [0.1, 0.15) is 5.75 Å². The number of methoxy groups -OCH3 is 1. The first-order chi connectivity index (χ1) is 12.2. The molecule has 130 valence electrons. The molecule has 0 aliphatic rings. The maximum absolute atomic E-state index is 5.18. The molecule has 25 heavy (non-hydrogen) atoms. The minimum atomic E-state index is 0.504. The maximum Gasteiger partial charge on any atom is 0.118 e. The highest BCUT2D eigenvalue weighted by Gasteiger charge is 2.18. The number of fused-ring (bicyclic) bond motifs is 1. The average molecular weight is 334 g/mol. The Morgan fingerprint density at radius 2 is 1.84 bits per heavy atom. The second kappa shape index (κ2) is 8.02. The third-order valence-corrected chi connectivity index (χ3v) is 4.75. The van der Waals surface area contributed by atoms with Crippen LogP contribution in [0.25, 0.3) is 10.9 Å². The molecule has 0 saturated carbocycles. The van der Waals surface area contributed by atoms with Crippen LogP contribution in [0.15, 0.2) is 59.7 Å². The van der Waals surface area contributed by atoms with Crippen molar-refractivity contribution >= 4 is 17.1 Å². The number of aliphatic imine (C=N–C) groups is 1. The summed E-state index contributed by atoms with van der Waals surface area (Å²) in [6.45, 7) is 5.41. The fraction of sp³-hybridized carbons (Fsp3) is 0.318. The molecule has 0 spiro atoms. The predicted octanol–water partition coefficient (Wildman–Crippen LogP) is 5.43. The highest BCUT2D eigenvalue weighted by atomic mass is 16.5. The second-order valence-corrected chi connectivity index (χ2v) is 6.74. The summed E-state index contributed by atoms with van der Waals surface area (Å²) < 4.78 is 5.18. The second-order valence-electron chi connectivity index (χ2n) is 6.74. The lowest BCUT2D eigenvalue weighted by Crippen LogP contribution is -2.08. The van der Waals surface area contributed by atoms with Gasteiger partial charge < -0.3 is 9.72 Å². The SMILES string of the molecule is COc1ccc(C=NCCC(c2c[nH]c3ccccc23)C(C)C)cc1. The van der Waals surface area contributed by atoms with Crippen LogP contribution in [0, 0.1) is 5.92 Å². The number of nitrogens with one attached hydrogen (secondary N) is 1. The van der Waals surface area contributed by atoms with E-state index in [1.165, 1.54) is 16.5 Å². The summed E-state index contributed by atoms with van der Waals surface area (Å²) in [4.78, 5) is 8.03. The van der Waals surface area contributed by atoms with Gasteiger partial charge in [0.2, 0.25) is 0 Å². The molecule has 3 aromatic rings. The van der Waals surface area contributed by atoms with Gasteiger partial charge in [-0.15, -0.1) is 0 Å². The van der Waals surface area contributed by atoms with Crippen molar-refractivity contribution in [3.63, 3.8) is 0 Å². The van der Waals surface area contributed by atoms with Crippen molar-refractivity contribution in [3.05, 3.63) is 65.9 Å². The lowest BCUT2D eigenvalue weighted by atomic mass is 9.85. The van der Waals surface area contributed by atoms with E-state index in [1.807, 2.05) is 30.5 Å². The lowest BCUT2D eigenvalue weighted by Gasteiger charge is -2.19. The molecular formula is C22H26N2O. The zero-order valence-electron chi connectivity index (χ0n) is 15.2. The molecule has 0 aliphatic carbocycles. The summed E-state index contributed by atoms with van der Waals surface area (Å²) >= 11 is 0. The molecular weight excluding hydrogens is 308 g/mol. The van der Waals surface area contributed by atoms with Gasteiger partial charge in [-0.3, -0.25) is 4.99 Å². The van der Waals surface area contributed by atoms with Crippen molar-refractivity contribution in [2.75, 3.05) is 13.7 Å². The number of H-pyrrole nitrogens is 1. The highest BCUT2D eigenvalue weighted by molar-refractivity contribution is 5.83. The summed E-state index contributed by atoms with van der Waals surface area (Å²) in [7, 11) is 1.68. The van der Waals surface area contributed by atoms with Gasteiger partial charge in [0.05, 0.1) is 7.11 Å². The lowest BCUT2D eigenvalue weighted by molar-refractivity contribution is 0.415. The largest absolute Gasteiger partial charge is 0.497 e. The number of rotatable bonds is 7. The summed E-state index contributed by atoms with van der Waals surface area (Å²) in [6.07, 6.45) is 5.17. The first-order valence-electron chi connectivity index (χ1n) is 8.89. The van der Waals surface area contributed by atoms with Crippen LogP contribution in [0.3, 0.4) is 0 Å². The van der Waals surface area contributed by atoms with Gasteiger partial charge in [0.25, 0.3) is 0 Å². The smallest absolute Gasteiger partial charge is 0.118 e. The van der Waals surface area contributed by atoms with E-state index in [9.17, 15) is 0 Å². The molecule has 2 aromatic carbocycles. The van der Waals surface area contributed by atoms with Crippen LogP contribution in [0.1, 0.15) is 37.3 Å². The van der Waals surface area contributed by atoms with Crippen molar-refractivity contribution in [2.45, 2.75) is 26.2 Å². The molecule has 0 bridgehead atoms. The predicted molar refractivity (Wildman–Crippen MR) is 106 cm³/mol. The first kappa shape index (κ1) is 17.3. The van der Waals surface area contributed by atoms with Crippen LogP contribution in [0.4, 0.5) is 0 Å². The monoisotopic (exact) mass is 334 g/mol. The third kappa shape index (κ3) is 4.11. The Kier molecular flexibility index (Phi) is 5.54. The molecule has 0 saturated heterocycles. The minimum Gasteiger partial charge on any atom is -0.497 e. The van der Waals surface area contributed by atoms with Gasteiger partial charge in [0.15, 0.2) is 0 Å². The molecule has 0 radical (unpaired) electrons. The van der Waals surface area contributed by atoms with E-state index in [1.54, 1.807) is 7.11 Å². The number of aromatic amines is 1. The Morgan fingerprint density at radius 1 is 1.08 bits per heavy atom. The van der Waals surface area contributed by atoms with Gasteiger partial charge in [-0.1, -0.05) is 32.0 Å². The molecule has 0 amide bonds. The Balaban J connectivity index is 1.67. The van der Waals surface area contributed by atoms with E-state index < -0.39 is 0 Å². The molecule has 1 unspecified atom stereocenters. The van der Waals surface area contributed by atoms with Crippen molar-refractivity contribution < 1.29 is 4.74 Å². The molecule has 0 aliphatic heterocycles. The Morgan fingerprint density at radius 3 is 2.56 bits per heavy atom. The fourth-order valence-corrected chi connectivity index (χ4v) is 3.32. The molecule has 3 nitrogen and oxygen atoms in total. The first-order valence-corrected chi connectivity index (χ1v) is 8.89. The molecule has 0 fully saturated rings. The van der Waals surface area contributed by atoms with E-state index in [0.717, 1.165) is 24.3 Å². The Bertz CT molecular complexity index is 831. The number of para-hydroxylation sites is 1. The standard InChI is InChI=1S/C22H26N2O/c1-16(2)19(21-15-24-22-7-5-4-6-20(21)22)12-13-23-14-17-8-10-18(25-3)11-9-17/h4-11,14-16,19,24H,12-13H2,1-3H3. The molecule has 3 rings (SSSR count). The van der Waals surface area contributed by atoms with Gasteiger partial charge >= 0.3 is 0 Å². The minimum absolute atomic E-state index is 0.504.